The zero-order chi connectivity index (χ0) is 51.3. The number of allylic oxidation sites excluding steroid dienone is 7. The van der Waals surface area contributed by atoms with E-state index in [9.17, 15) is 64.0 Å². The van der Waals surface area contributed by atoms with Gasteiger partial charge in [0.15, 0.2) is 6.10 Å². The Hall–Kier alpha value is -2.38. The van der Waals surface area contributed by atoms with Gasteiger partial charge in [-0.25, -0.2) is 9.13 Å². The van der Waals surface area contributed by atoms with Crippen LogP contribution in [0.4, 0.5) is 0 Å². The van der Waals surface area contributed by atoms with Crippen molar-refractivity contribution in [3.63, 3.8) is 0 Å². The second kappa shape index (κ2) is 39.2. The van der Waals surface area contributed by atoms with Crippen molar-refractivity contribution in [1.29, 1.82) is 0 Å². The summed E-state index contributed by atoms with van der Waals surface area (Å²) < 4.78 is 49.2. The second-order valence-corrected chi connectivity index (χ2v) is 20.2. The van der Waals surface area contributed by atoms with Crippen LogP contribution in [-0.2, 0) is 41.8 Å². The number of rotatable bonds is 41. The number of hydrogen-bond acceptors (Lipinski definition) is 15. The van der Waals surface area contributed by atoms with E-state index >= 15 is 0 Å². The molecule has 69 heavy (non-hydrogen) atoms. The van der Waals surface area contributed by atoms with Crippen LogP contribution in [-0.4, -0.2) is 125 Å². The van der Waals surface area contributed by atoms with Gasteiger partial charge in [-0.15, -0.1) is 0 Å². The molecule has 1 saturated carbocycles. The average molecular weight is 1030 g/mol. The zero-order valence-corrected chi connectivity index (χ0v) is 42.7. The van der Waals surface area contributed by atoms with Crippen molar-refractivity contribution < 1.29 is 87.1 Å². The molecule has 1 fully saturated rings. The summed E-state index contributed by atoms with van der Waals surface area (Å²) in [4.78, 5) is 54.4. The molecule has 0 aromatic rings. The third-order valence-electron chi connectivity index (χ3n) is 11.3. The molecule has 0 bridgehead atoms. The molecule has 0 aliphatic heterocycles. The predicted octanol–water partition coefficient (Wildman–Crippen LogP) is 7.78. The minimum Gasteiger partial charge on any atom is -0.462 e. The van der Waals surface area contributed by atoms with Crippen LogP contribution < -0.4 is 0 Å². The summed E-state index contributed by atoms with van der Waals surface area (Å²) >= 11 is 0. The van der Waals surface area contributed by atoms with Crippen molar-refractivity contribution in [2.24, 2.45) is 0 Å². The second-order valence-electron chi connectivity index (χ2n) is 17.6. The van der Waals surface area contributed by atoms with E-state index in [1.807, 2.05) is 6.08 Å². The predicted molar refractivity (Wildman–Crippen MR) is 262 cm³/mol. The maximum absolute atomic E-state index is 13.0. The van der Waals surface area contributed by atoms with Gasteiger partial charge in [0, 0.05) is 12.8 Å². The highest BCUT2D eigenvalue weighted by molar-refractivity contribution is 7.47. The Morgan fingerprint density at radius 3 is 1.59 bits per heavy atom. The fourth-order valence-corrected chi connectivity index (χ4v) is 8.81. The van der Waals surface area contributed by atoms with E-state index in [1.54, 1.807) is 30.4 Å². The van der Waals surface area contributed by atoms with Crippen LogP contribution in [0.15, 0.2) is 60.8 Å². The van der Waals surface area contributed by atoms with Gasteiger partial charge in [0.2, 0.25) is 0 Å². The van der Waals surface area contributed by atoms with E-state index in [-0.39, 0.29) is 25.7 Å². The summed E-state index contributed by atoms with van der Waals surface area (Å²) in [6.45, 7) is 2.84. The van der Waals surface area contributed by atoms with Gasteiger partial charge in [0.05, 0.1) is 18.8 Å². The average Bonchev–Trinajstić information content (AvgIpc) is 3.29. The van der Waals surface area contributed by atoms with Crippen molar-refractivity contribution in [3.8, 4) is 0 Å². The lowest BCUT2D eigenvalue weighted by molar-refractivity contribution is -0.216. The smallest absolute Gasteiger partial charge is 0.462 e. The Bertz CT molecular complexity index is 1600. The van der Waals surface area contributed by atoms with E-state index in [1.165, 1.54) is 51.0 Å². The van der Waals surface area contributed by atoms with Crippen molar-refractivity contribution in [1.82, 2.24) is 0 Å². The Kier molecular flexibility index (Phi) is 36.7. The molecule has 0 amide bonds. The van der Waals surface area contributed by atoms with Crippen LogP contribution in [0.5, 0.6) is 0 Å². The fourth-order valence-electron chi connectivity index (χ4n) is 7.27. The molecule has 20 heteroatoms. The van der Waals surface area contributed by atoms with Crippen LogP contribution in [0.25, 0.3) is 0 Å². The van der Waals surface area contributed by atoms with Crippen molar-refractivity contribution in [2.75, 3.05) is 13.2 Å². The minimum atomic E-state index is -5.40. The molecular weight excluding hydrogens is 938 g/mol. The number of unbranched alkanes of at least 4 members (excludes halogenated alkanes) is 16. The molecule has 5 unspecified atom stereocenters. The van der Waals surface area contributed by atoms with Crippen LogP contribution in [0, 0.1) is 0 Å². The highest BCUT2D eigenvalue weighted by atomic mass is 31.2. The lowest BCUT2D eigenvalue weighted by Gasteiger charge is -2.43. The first-order valence-corrected chi connectivity index (χ1v) is 28.1. The summed E-state index contributed by atoms with van der Waals surface area (Å²) in [6, 6.07) is 0. The van der Waals surface area contributed by atoms with Gasteiger partial charge in [0.25, 0.3) is 0 Å². The number of phosphoric ester groups is 2. The molecule has 9 N–H and O–H groups in total. The summed E-state index contributed by atoms with van der Waals surface area (Å²) in [5.41, 5.74) is 0. The molecular formula is C49H86O18P2. The molecule has 1 rings (SSSR count). The number of esters is 2. The largest absolute Gasteiger partial charge is 0.472 e. The molecule has 0 saturated heterocycles. The minimum absolute atomic E-state index is 0.0612. The van der Waals surface area contributed by atoms with Gasteiger partial charge in [-0.2, -0.15) is 0 Å². The fraction of sp³-hybridized carbons (Fsp3) is 0.755. The number of ether oxygens (including phenoxy) is 2. The van der Waals surface area contributed by atoms with Crippen molar-refractivity contribution in [3.05, 3.63) is 60.8 Å². The van der Waals surface area contributed by atoms with Crippen LogP contribution in [0.2, 0.25) is 0 Å². The van der Waals surface area contributed by atoms with Gasteiger partial charge >= 0.3 is 27.6 Å². The van der Waals surface area contributed by atoms with Gasteiger partial charge in [-0.05, 0) is 64.2 Å². The summed E-state index contributed by atoms with van der Waals surface area (Å²) in [7, 11) is -10.8. The number of phosphoric acid groups is 2. The van der Waals surface area contributed by atoms with Crippen LogP contribution in [0.1, 0.15) is 168 Å². The lowest BCUT2D eigenvalue weighted by Crippen LogP contribution is -2.64. The van der Waals surface area contributed by atoms with E-state index in [0.29, 0.717) is 12.8 Å². The Balaban J connectivity index is 2.68. The molecule has 0 aromatic heterocycles. The summed E-state index contributed by atoms with van der Waals surface area (Å²) in [5, 5.41) is 61.7. The van der Waals surface area contributed by atoms with Gasteiger partial charge in [-0.3, -0.25) is 23.2 Å². The first-order valence-electron chi connectivity index (χ1n) is 25.1. The summed E-state index contributed by atoms with van der Waals surface area (Å²) in [5.74, 6) is -1.45. The highest BCUT2D eigenvalue weighted by Gasteiger charge is 2.54. The Morgan fingerprint density at radius 2 is 1.01 bits per heavy atom. The molecule has 1 aliphatic carbocycles. The van der Waals surface area contributed by atoms with Crippen LogP contribution >= 0.6 is 15.6 Å². The summed E-state index contributed by atoms with van der Waals surface area (Å²) in [6.07, 6.45) is 23.5. The van der Waals surface area contributed by atoms with E-state index < -0.39 is 95.7 Å². The highest BCUT2D eigenvalue weighted by Crippen LogP contribution is 2.49. The SMILES string of the molecule is CCCCC/C=C\C[C@H](O)/C=C/C=C/C=C\[C@H](O)CCCC(=O)O[C@H](COC(=O)CCCCCCCCC/C=C\CCCCCCCC)COP(=O)(O)O[C@H]1C(O)C(O)C(O)[C@@H](OP(=O)(O)O)C1O. The van der Waals surface area contributed by atoms with E-state index in [2.05, 4.69) is 36.6 Å². The molecule has 0 heterocycles. The third kappa shape index (κ3) is 33.8. The van der Waals surface area contributed by atoms with E-state index in [4.69, 9.17) is 18.5 Å². The van der Waals surface area contributed by atoms with Crippen LogP contribution in [0.3, 0.4) is 0 Å². The number of carbonyl (C=O) groups is 2. The number of carbonyl (C=O) groups excluding carboxylic acids is 2. The number of aliphatic hydroxyl groups is 6. The maximum Gasteiger partial charge on any atom is 0.472 e. The van der Waals surface area contributed by atoms with Gasteiger partial charge in [-0.1, -0.05) is 152 Å². The zero-order valence-electron chi connectivity index (χ0n) is 40.9. The molecule has 0 radical (unpaired) electrons. The third-order valence-corrected chi connectivity index (χ3v) is 12.8. The van der Waals surface area contributed by atoms with Gasteiger partial charge < -0.3 is 54.8 Å². The molecule has 18 nitrogen and oxygen atoms in total. The van der Waals surface area contributed by atoms with Crippen molar-refractivity contribution in [2.45, 2.75) is 223 Å². The Labute approximate surface area is 410 Å². The topological polar surface area (TPSA) is 296 Å². The first kappa shape index (κ1) is 64.6. The first-order chi connectivity index (χ1) is 32.9. The molecule has 0 spiro atoms. The van der Waals surface area contributed by atoms with E-state index in [0.717, 1.165) is 70.6 Å². The number of aliphatic hydroxyl groups excluding tert-OH is 6. The quantitative estimate of drug-likeness (QED) is 0.00928. The normalized spacial score (nSPS) is 22.5. The maximum atomic E-state index is 13.0. The Morgan fingerprint density at radius 1 is 0.536 bits per heavy atom. The molecule has 0 aromatic carbocycles. The molecule has 10 atom stereocenters. The van der Waals surface area contributed by atoms with Gasteiger partial charge in [0.1, 0.15) is 43.2 Å². The standard InChI is InChI=1S/C49H86O18P2/c1-3-5-7-9-11-12-13-14-15-16-17-18-19-20-21-23-29-35-42(52)63-37-41(38-64-69(61,62)67-49-46(56)44(54)45(55)48(47(49)57)66-68(58,59)60)65-43(53)36-30-34-40(51)33-28-25-24-27-32-39(50)31-26-22-10-8-6-4-2/h14-15,22,24-28,32-33,39-41,44-51,54-57H,3-13,16-21,23,29-31,34-38H2,1-2H3,(H,61,62)(H2,58,59,60)/b15-14-,25-24+,26-22-,32-27+,33-28-/t39-,40-,41+,44?,45?,46?,47?,48+,49-/m0/s1. The number of hydrogen-bond donors (Lipinski definition) is 9. The van der Waals surface area contributed by atoms with Crippen molar-refractivity contribution >= 4 is 27.6 Å². The molecule has 1 aliphatic rings. The molecule has 400 valence electrons. The lowest BCUT2D eigenvalue weighted by atomic mass is 9.85. The monoisotopic (exact) mass is 1020 g/mol.